The predicted molar refractivity (Wildman–Crippen MR) is 118 cm³/mol. The maximum absolute atomic E-state index is 13.3. The van der Waals surface area contributed by atoms with E-state index in [0.717, 1.165) is 59.6 Å². The van der Waals surface area contributed by atoms with Crippen molar-refractivity contribution in [2.24, 2.45) is 11.4 Å². The number of nitrogens with one attached hydrogen (secondary N) is 1. The van der Waals surface area contributed by atoms with Crippen molar-refractivity contribution in [2.45, 2.75) is 57.4 Å². The number of fused-ring (bicyclic) bond motifs is 2. The van der Waals surface area contributed by atoms with Gasteiger partial charge in [-0.3, -0.25) is 4.68 Å². The standard InChI is InChI=1S/C21H28N6O4S/c1-26-13-19(23-25-26)27(16-8-10-31-11-9-16)32(29,30)24-21(28)22-20-17-6-2-4-14(17)12-15-5-3-7-18(15)20/h12-13,16H,2-11H2,1H3,(H2,22,24,28)/p-1. The summed E-state index contributed by atoms with van der Waals surface area (Å²) >= 11 is 0. The van der Waals surface area contributed by atoms with E-state index in [1.54, 1.807) is 7.05 Å². The minimum absolute atomic E-state index is 0.150. The fourth-order valence-electron chi connectivity index (χ4n) is 5.10. The Bertz CT molecular complexity index is 1120. The number of benzene rings is 1. The summed E-state index contributed by atoms with van der Waals surface area (Å²) in [6, 6.07) is 0.988. The van der Waals surface area contributed by atoms with Gasteiger partial charge in [0.05, 0.1) is 18.3 Å². The minimum Gasteiger partial charge on any atom is -0.845 e. The molecule has 1 N–H and O–H groups in total. The Morgan fingerprint density at radius 3 is 2.44 bits per heavy atom. The number of aromatic nitrogens is 3. The zero-order chi connectivity index (χ0) is 22.3. The summed E-state index contributed by atoms with van der Waals surface area (Å²) in [4.78, 5) is 0. The van der Waals surface area contributed by atoms with Crippen LogP contribution >= 0.6 is 0 Å². The molecule has 2 aliphatic carbocycles. The van der Waals surface area contributed by atoms with Gasteiger partial charge in [-0.1, -0.05) is 11.3 Å². The van der Waals surface area contributed by atoms with Gasteiger partial charge in [-0.25, -0.2) is 4.31 Å². The van der Waals surface area contributed by atoms with Crippen LogP contribution in [0.3, 0.4) is 0 Å². The largest absolute Gasteiger partial charge is 0.845 e. The van der Waals surface area contributed by atoms with E-state index < -0.39 is 22.3 Å². The summed E-state index contributed by atoms with van der Waals surface area (Å²) in [5, 5.41) is 23.6. The number of anilines is 2. The Morgan fingerprint density at radius 1 is 1.19 bits per heavy atom. The van der Waals surface area contributed by atoms with Gasteiger partial charge in [0.2, 0.25) is 0 Å². The lowest BCUT2D eigenvalue weighted by molar-refractivity contribution is -0.213. The van der Waals surface area contributed by atoms with Crippen LogP contribution in [0.15, 0.2) is 16.7 Å². The smallest absolute Gasteiger partial charge is 0.347 e. The van der Waals surface area contributed by atoms with E-state index in [1.807, 2.05) is 0 Å². The fraction of sp³-hybridized carbons (Fsp3) is 0.571. The van der Waals surface area contributed by atoms with Gasteiger partial charge in [0, 0.05) is 25.9 Å². The van der Waals surface area contributed by atoms with Crippen molar-refractivity contribution in [2.75, 3.05) is 22.8 Å². The molecule has 2 heterocycles. The third kappa shape index (κ3) is 3.95. The first-order valence-corrected chi connectivity index (χ1v) is 12.5. The van der Waals surface area contributed by atoms with E-state index in [4.69, 9.17) is 4.74 Å². The van der Waals surface area contributed by atoms with Gasteiger partial charge in [-0.15, -0.1) is 9.50 Å². The maximum atomic E-state index is 13.3. The van der Waals surface area contributed by atoms with E-state index in [2.05, 4.69) is 26.1 Å². The number of nitrogens with zero attached hydrogens (tertiary/aromatic N) is 5. The van der Waals surface area contributed by atoms with Gasteiger partial charge in [0.25, 0.3) is 0 Å². The maximum Gasteiger partial charge on any atom is 0.347 e. The third-order valence-electron chi connectivity index (χ3n) is 6.49. The molecule has 1 aromatic carbocycles. The first-order chi connectivity index (χ1) is 15.4. The third-order valence-corrected chi connectivity index (χ3v) is 7.87. The summed E-state index contributed by atoms with van der Waals surface area (Å²) in [5.74, 6) is 0.150. The van der Waals surface area contributed by atoms with Crippen LogP contribution in [0.2, 0.25) is 0 Å². The van der Waals surface area contributed by atoms with E-state index in [1.165, 1.54) is 22.0 Å². The second-order valence-corrected chi connectivity index (χ2v) is 10.1. The fourth-order valence-corrected chi connectivity index (χ4v) is 6.35. The van der Waals surface area contributed by atoms with Crippen molar-refractivity contribution in [3.8, 4) is 0 Å². The predicted octanol–water partition coefficient (Wildman–Crippen LogP) is 0.851. The molecule has 0 bridgehead atoms. The highest BCUT2D eigenvalue weighted by Gasteiger charge is 2.33. The van der Waals surface area contributed by atoms with Crippen LogP contribution in [0.4, 0.5) is 11.5 Å². The summed E-state index contributed by atoms with van der Waals surface area (Å²) < 4.78 is 38.1. The topological polar surface area (TPSA) is 125 Å². The van der Waals surface area contributed by atoms with E-state index in [-0.39, 0.29) is 5.82 Å². The van der Waals surface area contributed by atoms with Gasteiger partial charge in [-0.2, -0.15) is 8.42 Å². The minimum atomic E-state index is -4.33. The summed E-state index contributed by atoms with van der Waals surface area (Å²) in [6.45, 7) is 0.872. The van der Waals surface area contributed by atoms with E-state index >= 15 is 0 Å². The molecule has 0 unspecified atom stereocenters. The molecule has 32 heavy (non-hydrogen) atoms. The highest BCUT2D eigenvalue weighted by Crippen LogP contribution is 2.38. The SMILES string of the molecule is Cn1cc(N(C2CCOCC2)S(=O)(=O)/N=C(\[O-])Nc2c3c(cc4c2CCC4)CCC3)nn1. The lowest BCUT2D eigenvalue weighted by Gasteiger charge is -2.32. The van der Waals surface area contributed by atoms with Gasteiger partial charge in [-0.05, 0) is 73.6 Å². The first-order valence-electron chi connectivity index (χ1n) is 11.1. The molecular weight excluding hydrogens is 432 g/mol. The van der Waals surface area contributed by atoms with E-state index in [9.17, 15) is 13.5 Å². The molecule has 0 atom stereocenters. The van der Waals surface area contributed by atoms with Crippen LogP contribution in [-0.2, 0) is 47.7 Å². The van der Waals surface area contributed by atoms with Crippen LogP contribution in [0.1, 0.15) is 47.9 Å². The molecule has 1 saturated heterocycles. The number of amidine groups is 1. The molecule has 0 spiro atoms. The van der Waals surface area contributed by atoms with E-state index in [0.29, 0.717) is 26.1 Å². The van der Waals surface area contributed by atoms with Crippen molar-refractivity contribution in [1.82, 2.24) is 15.0 Å². The molecule has 0 radical (unpaired) electrons. The average Bonchev–Trinajstić information content (AvgIpc) is 3.49. The number of hydrogen-bond acceptors (Lipinski definition) is 6. The zero-order valence-electron chi connectivity index (χ0n) is 18.1. The highest BCUT2D eigenvalue weighted by molar-refractivity contribution is 7.91. The molecule has 2 aromatic rings. The summed E-state index contributed by atoms with van der Waals surface area (Å²) in [5.41, 5.74) is 5.54. The second-order valence-electron chi connectivity index (χ2n) is 8.62. The lowest BCUT2D eigenvalue weighted by atomic mass is 9.99. The molecule has 5 rings (SSSR count). The summed E-state index contributed by atoms with van der Waals surface area (Å²) in [6.07, 6.45) is 8.34. The highest BCUT2D eigenvalue weighted by atomic mass is 32.2. The number of rotatable bonds is 5. The second kappa shape index (κ2) is 8.36. The molecule has 172 valence electrons. The van der Waals surface area contributed by atoms with Crippen LogP contribution in [0.25, 0.3) is 0 Å². The molecule has 10 nitrogen and oxygen atoms in total. The van der Waals surface area contributed by atoms with Crippen molar-refractivity contribution < 1.29 is 18.3 Å². The quantitative estimate of drug-likeness (QED) is 0.519. The molecule has 0 saturated carbocycles. The zero-order valence-corrected chi connectivity index (χ0v) is 18.9. The Morgan fingerprint density at radius 2 is 1.84 bits per heavy atom. The van der Waals surface area contributed by atoms with Gasteiger partial charge < -0.3 is 15.2 Å². The van der Waals surface area contributed by atoms with Crippen LogP contribution in [0, 0.1) is 0 Å². The molecule has 0 amide bonds. The molecule has 3 aliphatic rings. The van der Waals surface area contributed by atoms with Crippen molar-refractivity contribution in [1.29, 1.82) is 0 Å². The Labute approximate surface area is 187 Å². The normalized spacial score (nSPS) is 19.1. The Hall–Kier alpha value is -2.66. The molecule has 1 aromatic heterocycles. The van der Waals surface area contributed by atoms with Gasteiger partial charge >= 0.3 is 10.2 Å². The first kappa shape index (κ1) is 21.2. The monoisotopic (exact) mass is 459 g/mol. The van der Waals surface area contributed by atoms with Crippen molar-refractivity contribution in [3.05, 3.63) is 34.5 Å². The van der Waals surface area contributed by atoms with Gasteiger partial charge in [0.1, 0.15) is 0 Å². The number of aryl methyl sites for hydroxylation is 3. The Kier molecular flexibility index (Phi) is 5.54. The van der Waals surface area contributed by atoms with Crippen LogP contribution in [-0.4, -0.2) is 48.7 Å². The Balaban J connectivity index is 1.48. The van der Waals surface area contributed by atoms with Crippen molar-refractivity contribution in [3.63, 3.8) is 0 Å². The lowest BCUT2D eigenvalue weighted by Crippen LogP contribution is -2.44. The molecular formula is C21H27N6O4S-. The van der Waals surface area contributed by atoms with Crippen LogP contribution in [0.5, 0.6) is 0 Å². The molecule has 1 fully saturated rings. The molecule has 1 aliphatic heterocycles. The van der Waals surface area contributed by atoms with Gasteiger partial charge in [0.15, 0.2) is 5.82 Å². The van der Waals surface area contributed by atoms with Crippen molar-refractivity contribution >= 4 is 27.7 Å². The summed E-state index contributed by atoms with van der Waals surface area (Å²) in [7, 11) is -2.68. The number of hydrogen-bond donors (Lipinski definition) is 1. The van der Waals surface area contributed by atoms with Crippen LogP contribution < -0.4 is 14.7 Å². The average molecular weight is 460 g/mol. The number of ether oxygens (including phenoxy) is 1. The molecule has 11 heteroatoms.